The van der Waals surface area contributed by atoms with Crippen molar-refractivity contribution in [3.63, 3.8) is 0 Å². The van der Waals surface area contributed by atoms with Gasteiger partial charge in [0.15, 0.2) is 16.1 Å². The summed E-state index contributed by atoms with van der Waals surface area (Å²) in [5.41, 5.74) is 1.53. The highest BCUT2D eigenvalue weighted by molar-refractivity contribution is 7.91. The molecular formula is C15H22N2O3S. The normalized spacial score (nSPS) is 26.6. The van der Waals surface area contributed by atoms with Crippen LogP contribution in [0.2, 0.25) is 0 Å². The lowest BCUT2D eigenvalue weighted by molar-refractivity contribution is 0.112. The molecule has 0 aromatic carbocycles. The highest BCUT2D eigenvalue weighted by Crippen LogP contribution is 2.33. The summed E-state index contributed by atoms with van der Waals surface area (Å²) in [6, 6.07) is -0.103. The second kappa shape index (κ2) is 5.91. The van der Waals surface area contributed by atoms with Gasteiger partial charge in [-0.15, -0.1) is 0 Å². The van der Waals surface area contributed by atoms with Gasteiger partial charge in [-0.25, -0.2) is 8.42 Å². The molecule has 0 amide bonds. The molecule has 1 atom stereocenters. The number of hydrogen-bond acceptors (Lipinski definition) is 4. The molecule has 6 heteroatoms. The highest BCUT2D eigenvalue weighted by atomic mass is 32.2. The van der Waals surface area contributed by atoms with Crippen molar-refractivity contribution in [1.29, 1.82) is 0 Å². The minimum absolute atomic E-state index is 0.103. The van der Waals surface area contributed by atoms with Crippen LogP contribution in [0.1, 0.15) is 73.0 Å². The molecule has 1 unspecified atom stereocenters. The number of sulfone groups is 1. The van der Waals surface area contributed by atoms with Crippen LogP contribution in [0.25, 0.3) is 0 Å². The Balaban J connectivity index is 1.86. The van der Waals surface area contributed by atoms with Crippen LogP contribution in [0.4, 0.5) is 0 Å². The average Bonchev–Trinajstić information content (AvgIpc) is 2.92. The standard InChI is InChI=1S/C15H22N2O3S/c18-10-13-9-17(14-7-8-21(19,20)11-14)16-15(13)12-5-3-1-2-4-6-12/h9-10,12,14H,1-8,11H2. The van der Waals surface area contributed by atoms with Crippen molar-refractivity contribution in [3.8, 4) is 0 Å². The van der Waals surface area contributed by atoms with Gasteiger partial charge >= 0.3 is 0 Å². The lowest BCUT2D eigenvalue weighted by Gasteiger charge is -2.12. The third kappa shape index (κ3) is 3.20. The quantitative estimate of drug-likeness (QED) is 0.635. The van der Waals surface area contributed by atoms with Gasteiger partial charge in [0.1, 0.15) is 0 Å². The number of nitrogens with zero attached hydrogens (tertiary/aromatic N) is 2. The molecule has 0 spiro atoms. The Morgan fingerprint density at radius 1 is 1.14 bits per heavy atom. The molecule has 1 aliphatic carbocycles. The summed E-state index contributed by atoms with van der Waals surface area (Å²) in [6.45, 7) is 0. The third-order valence-corrected chi connectivity index (χ3v) is 6.49. The van der Waals surface area contributed by atoms with Gasteiger partial charge in [0.25, 0.3) is 0 Å². The molecule has 1 aromatic rings. The zero-order chi connectivity index (χ0) is 14.9. The maximum absolute atomic E-state index is 11.6. The van der Waals surface area contributed by atoms with Crippen LogP contribution in [-0.4, -0.2) is 36.0 Å². The van der Waals surface area contributed by atoms with E-state index < -0.39 is 9.84 Å². The summed E-state index contributed by atoms with van der Waals surface area (Å²) in [7, 11) is -2.93. The largest absolute Gasteiger partial charge is 0.298 e. The van der Waals surface area contributed by atoms with E-state index in [4.69, 9.17) is 0 Å². The number of aldehydes is 1. The van der Waals surface area contributed by atoms with Crippen LogP contribution in [-0.2, 0) is 9.84 Å². The first kappa shape index (κ1) is 14.8. The predicted molar refractivity (Wildman–Crippen MR) is 80.4 cm³/mol. The van der Waals surface area contributed by atoms with E-state index in [1.54, 1.807) is 10.9 Å². The van der Waals surface area contributed by atoms with E-state index in [2.05, 4.69) is 5.10 Å². The van der Waals surface area contributed by atoms with Crippen LogP contribution >= 0.6 is 0 Å². The van der Waals surface area contributed by atoms with E-state index in [0.29, 0.717) is 17.9 Å². The minimum Gasteiger partial charge on any atom is -0.298 e. The van der Waals surface area contributed by atoms with E-state index in [-0.39, 0.29) is 17.5 Å². The molecule has 2 fully saturated rings. The van der Waals surface area contributed by atoms with Gasteiger partial charge in [-0.2, -0.15) is 5.10 Å². The Morgan fingerprint density at radius 3 is 2.43 bits per heavy atom. The Kier molecular flexibility index (Phi) is 4.15. The molecule has 1 aromatic heterocycles. The maximum Gasteiger partial charge on any atom is 0.153 e. The van der Waals surface area contributed by atoms with Crippen LogP contribution in [0, 0.1) is 0 Å². The Bertz CT molecular complexity index is 613. The van der Waals surface area contributed by atoms with E-state index in [1.165, 1.54) is 25.7 Å². The second-order valence-electron chi connectivity index (χ2n) is 6.31. The Morgan fingerprint density at radius 2 is 1.86 bits per heavy atom. The summed E-state index contributed by atoms with van der Waals surface area (Å²) in [4.78, 5) is 11.3. The van der Waals surface area contributed by atoms with Crippen molar-refractivity contribution in [2.45, 2.75) is 56.9 Å². The van der Waals surface area contributed by atoms with Crippen molar-refractivity contribution >= 4 is 16.1 Å². The van der Waals surface area contributed by atoms with Gasteiger partial charge in [0.2, 0.25) is 0 Å². The molecule has 5 nitrogen and oxygen atoms in total. The fourth-order valence-corrected chi connectivity index (χ4v) is 5.26. The molecule has 1 saturated heterocycles. The van der Waals surface area contributed by atoms with Crippen LogP contribution in [0.5, 0.6) is 0 Å². The molecule has 116 valence electrons. The number of aromatic nitrogens is 2. The van der Waals surface area contributed by atoms with Gasteiger partial charge < -0.3 is 0 Å². The molecule has 0 radical (unpaired) electrons. The molecule has 1 saturated carbocycles. The molecule has 3 rings (SSSR count). The van der Waals surface area contributed by atoms with Gasteiger partial charge in [0, 0.05) is 12.1 Å². The zero-order valence-electron chi connectivity index (χ0n) is 12.2. The zero-order valence-corrected chi connectivity index (χ0v) is 13.0. The number of carbonyl (C=O) groups excluding carboxylic acids is 1. The molecular weight excluding hydrogens is 288 g/mol. The molecule has 0 bridgehead atoms. The van der Waals surface area contributed by atoms with Crippen molar-refractivity contribution in [2.24, 2.45) is 0 Å². The summed E-state index contributed by atoms with van der Waals surface area (Å²) in [5, 5.41) is 4.61. The molecule has 0 N–H and O–H groups in total. The number of rotatable bonds is 3. The lowest BCUT2D eigenvalue weighted by Crippen LogP contribution is -2.12. The monoisotopic (exact) mass is 310 g/mol. The predicted octanol–water partition coefficient (Wildman–Crippen LogP) is 2.49. The van der Waals surface area contributed by atoms with Crippen molar-refractivity contribution in [3.05, 3.63) is 17.5 Å². The molecule has 2 heterocycles. The third-order valence-electron chi connectivity index (χ3n) is 4.74. The van der Waals surface area contributed by atoms with Gasteiger partial charge in [-0.05, 0) is 19.3 Å². The smallest absolute Gasteiger partial charge is 0.153 e. The van der Waals surface area contributed by atoms with Crippen LogP contribution in [0.15, 0.2) is 6.20 Å². The van der Waals surface area contributed by atoms with Gasteiger partial charge in [-0.3, -0.25) is 9.48 Å². The molecule has 2 aliphatic rings. The van der Waals surface area contributed by atoms with E-state index in [0.717, 1.165) is 24.8 Å². The fraction of sp³-hybridized carbons (Fsp3) is 0.733. The summed E-state index contributed by atoms with van der Waals surface area (Å²) in [6.07, 6.45) is 10.3. The highest BCUT2D eigenvalue weighted by Gasteiger charge is 2.31. The van der Waals surface area contributed by atoms with Crippen molar-refractivity contribution in [2.75, 3.05) is 11.5 Å². The van der Waals surface area contributed by atoms with E-state index in [1.807, 2.05) is 0 Å². The second-order valence-corrected chi connectivity index (χ2v) is 8.54. The summed E-state index contributed by atoms with van der Waals surface area (Å²) >= 11 is 0. The van der Waals surface area contributed by atoms with Gasteiger partial charge in [-0.1, -0.05) is 25.7 Å². The first-order chi connectivity index (χ1) is 10.1. The van der Waals surface area contributed by atoms with E-state index >= 15 is 0 Å². The Hall–Kier alpha value is -1.17. The average molecular weight is 310 g/mol. The SMILES string of the molecule is O=Cc1cn(C2CCS(=O)(=O)C2)nc1C1CCCCCC1. The van der Waals surface area contributed by atoms with Crippen LogP contribution in [0.3, 0.4) is 0 Å². The topological polar surface area (TPSA) is 69.0 Å². The Labute approximate surface area is 125 Å². The molecule has 1 aliphatic heterocycles. The number of carbonyl (C=O) groups is 1. The molecule has 21 heavy (non-hydrogen) atoms. The lowest BCUT2D eigenvalue weighted by atomic mass is 9.94. The van der Waals surface area contributed by atoms with Gasteiger partial charge in [0.05, 0.1) is 28.8 Å². The van der Waals surface area contributed by atoms with Crippen LogP contribution < -0.4 is 0 Å². The summed E-state index contributed by atoms with van der Waals surface area (Å²) in [5.74, 6) is 0.732. The van der Waals surface area contributed by atoms with Crippen molar-refractivity contribution < 1.29 is 13.2 Å². The first-order valence-corrected chi connectivity index (χ1v) is 9.66. The number of hydrogen-bond donors (Lipinski definition) is 0. The fourth-order valence-electron chi connectivity index (χ4n) is 3.55. The minimum atomic E-state index is -2.93. The summed E-state index contributed by atoms with van der Waals surface area (Å²) < 4.78 is 25.0. The van der Waals surface area contributed by atoms with E-state index in [9.17, 15) is 13.2 Å². The van der Waals surface area contributed by atoms with Crippen molar-refractivity contribution in [1.82, 2.24) is 9.78 Å². The first-order valence-electron chi connectivity index (χ1n) is 7.84. The maximum atomic E-state index is 11.6.